The molecule has 1 spiro atoms. The number of benzene rings is 2. The van der Waals surface area contributed by atoms with E-state index in [2.05, 4.69) is 43.6 Å². The van der Waals surface area contributed by atoms with Crippen LogP contribution in [-0.4, -0.2) is 145 Å². The molecule has 14 heteroatoms. The van der Waals surface area contributed by atoms with E-state index in [0.717, 1.165) is 46.5 Å². The Hall–Kier alpha value is -4.47. The Morgan fingerprint density at radius 2 is 1.73 bits per heavy atom. The second-order valence-corrected chi connectivity index (χ2v) is 18.7. The van der Waals surface area contributed by atoms with Gasteiger partial charge in [-0.25, -0.2) is 0 Å². The van der Waals surface area contributed by atoms with Crippen LogP contribution in [0.5, 0.6) is 5.75 Å². The van der Waals surface area contributed by atoms with Gasteiger partial charge in [-0.3, -0.25) is 24.2 Å². The molecule has 10 atom stereocenters. The van der Waals surface area contributed by atoms with Gasteiger partial charge < -0.3 is 45.3 Å². The number of amides is 2. The molecule has 3 fully saturated rings. The van der Waals surface area contributed by atoms with Gasteiger partial charge in [0.25, 0.3) is 5.91 Å². The van der Waals surface area contributed by atoms with Crippen LogP contribution in [0.4, 0.5) is 5.69 Å². The van der Waals surface area contributed by atoms with Crippen LogP contribution in [-0.2, 0) is 36.4 Å². The molecule has 14 nitrogen and oxygen atoms in total. The Bertz CT molecular complexity index is 2270. The number of aromatic nitrogens is 1. The number of fused-ring (bicyclic) bond motifs is 6. The predicted molar refractivity (Wildman–Crippen MR) is 237 cm³/mol. The van der Waals surface area contributed by atoms with Crippen LogP contribution >= 0.6 is 0 Å². The molecule has 2 saturated heterocycles. The van der Waals surface area contributed by atoms with Crippen LogP contribution in [0.2, 0.25) is 0 Å². The zero-order valence-electron chi connectivity index (χ0n) is 37.6. The van der Waals surface area contributed by atoms with E-state index in [0.29, 0.717) is 75.9 Å². The van der Waals surface area contributed by atoms with Crippen molar-refractivity contribution < 1.29 is 39.2 Å². The molecular weight excluding hydrogens is 789 g/mol. The number of aromatic amines is 1. The van der Waals surface area contributed by atoms with Crippen molar-refractivity contribution in [1.29, 1.82) is 0 Å². The largest absolute Gasteiger partial charge is 0.496 e. The minimum Gasteiger partial charge on any atom is -0.496 e. The number of para-hydroxylation sites is 1. The summed E-state index contributed by atoms with van der Waals surface area (Å²) >= 11 is 0. The van der Waals surface area contributed by atoms with Gasteiger partial charge >= 0.3 is 5.97 Å². The molecule has 6 N–H and O–H groups in total. The summed E-state index contributed by atoms with van der Waals surface area (Å²) in [7, 11) is 8.10. The number of nitrogens with zero attached hydrogens (tertiary/aromatic N) is 3. The maximum absolute atomic E-state index is 15.2. The number of hydrogen-bond acceptors (Lipinski definition) is 11. The molecule has 5 aliphatic heterocycles. The molecule has 1 saturated carbocycles. The number of aliphatic hydroxyl groups is 3. The van der Waals surface area contributed by atoms with Crippen LogP contribution in [0.3, 0.4) is 0 Å². The molecule has 6 heterocycles. The van der Waals surface area contributed by atoms with Gasteiger partial charge in [0, 0.05) is 105 Å². The number of rotatable bonds is 7. The van der Waals surface area contributed by atoms with Gasteiger partial charge in [0.15, 0.2) is 5.60 Å². The Morgan fingerprint density at radius 1 is 0.968 bits per heavy atom. The molecule has 3 aromatic rings. The monoisotopic (exact) mass is 854 g/mol. The van der Waals surface area contributed by atoms with E-state index in [1.807, 2.05) is 63.1 Å². The van der Waals surface area contributed by atoms with Crippen molar-refractivity contribution in [1.82, 2.24) is 25.4 Å². The molecule has 336 valence electrons. The maximum Gasteiger partial charge on any atom is 0.322 e. The first kappa shape index (κ1) is 44.1. The Labute approximate surface area is 365 Å². The second-order valence-electron chi connectivity index (χ2n) is 18.7. The lowest BCUT2D eigenvalue weighted by Crippen LogP contribution is -2.81. The highest BCUT2D eigenvalue weighted by atomic mass is 16.5. The number of aliphatic hydroxyl groups excluding tert-OH is 1. The third kappa shape index (κ3) is 6.03. The molecule has 6 aliphatic rings. The summed E-state index contributed by atoms with van der Waals surface area (Å²) < 4.78 is 12.3. The van der Waals surface area contributed by atoms with Crippen LogP contribution in [0.1, 0.15) is 81.7 Å². The highest BCUT2D eigenvalue weighted by molar-refractivity contribution is 5.95. The standard InChI is InChI=1S/C44H57N5O7.C4H9NO/c1-7-40(53)22-26-23-43(39(52)56-6,34-28(14-18-48(24-26)25-40)27-12-9-10-13-31(27)46-34)30-20-29-32(21-33(30)55-5)47(4)36-42(29)16-19-49-17-11-15-41(8-2,35(42)49)37(50)44(36,54)38(51)45-3;1-3-4(6)5-2/h9-13,15,20-21,26,35-37,46,50,53-54H,7-8,14,16-19,22-25H2,1-6H3,(H,45,51);3H2,1-2H3,(H,5,6)/t26?,35-,36?,37+,40-,41+,42?,43-,44+;/m0./s1. The zero-order valence-corrected chi connectivity index (χ0v) is 37.6. The quantitative estimate of drug-likeness (QED) is 0.152. The van der Waals surface area contributed by atoms with Crippen molar-refractivity contribution in [3.8, 4) is 5.75 Å². The van der Waals surface area contributed by atoms with Crippen molar-refractivity contribution in [3.63, 3.8) is 0 Å². The van der Waals surface area contributed by atoms with Crippen LogP contribution in [0.15, 0.2) is 48.6 Å². The van der Waals surface area contributed by atoms with Crippen molar-refractivity contribution in [3.05, 3.63) is 70.9 Å². The van der Waals surface area contributed by atoms with E-state index >= 15 is 4.79 Å². The van der Waals surface area contributed by atoms with Crippen molar-refractivity contribution in [2.75, 3.05) is 73.0 Å². The number of esters is 1. The summed E-state index contributed by atoms with van der Waals surface area (Å²) in [6, 6.07) is 11.2. The fourth-order valence-corrected chi connectivity index (χ4v) is 13.4. The number of ether oxygens (including phenoxy) is 2. The van der Waals surface area contributed by atoms with E-state index < -0.39 is 51.5 Å². The third-order valence-corrected chi connectivity index (χ3v) is 16.0. The summed E-state index contributed by atoms with van der Waals surface area (Å²) in [6.07, 6.45) is 6.59. The summed E-state index contributed by atoms with van der Waals surface area (Å²) in [5.74, 6) is -0.531. The Kier molecular flexibility index (Phi) is 11.4. The second kappa shape index (κ2) is 16.0. The highest BCUT2D eigenvalue weighted by Crippen LogP contribution is 2.67. The number of hydrogen-bond donors (Lipinski definition) is 6. The lowest BCUT2D eigenvalue weighted by molar-refractivity contribution is -0.203. The molecule has 2 amide bonds. The normalized spacial score (nSPS) is 35.5. The summed E-state index contributed by atoms with van der Waals surface area (Å²) in [5, 5.41) is 43.6. The number of H-pyrrole nitrogens is 1. The zero-order chi connectivity index (χ0) is 44.6. The molecule has 9 rings (SSSR count). The molecule has 2 aromatic carbocycles. The molecule has 2 bridgehead atoms. The minimum atomic E-state index is -2.18. The van der Waals surface area contributed by atoms with Gasteiger partial charge in [-0.05, 0) is 74.2 Å². The molecule has 62 heavy (non-hydrogen) atoms. The van der Waals surface area contributed by atoms with Gasteiger partial charge in [0.2, 0.25) is 5.91 Å². The van der Waals surface area contributed by atoms with Gasteiger partial charge in [-0.1, -0.05) is 51.1 Å². The fraction of sp³-hybridized carbons (Fsp3) is 0.604. The van der Waals surface area contributed by atoms with E-state index in [-0.39, 0.29) is 17.9 Å². The number of nitrogens with one attached hydrogen (secondary N) is 3. The Balaban J connectivity index is 0.000000825. The first-order chi connectivity index (χ1) is 29.6. The summed E-state index contributed by atoms with van der Waals surface area (Å²) in [6.45, 7) is 9.31. The number of likely N-dealkylation sites (N-methyl/N-ethyl adjacent to an activating group) is 2. The molecule has 1 aliphatic carbocycles. The predicted octanol–water partition coefficient (Wildman–Crippen LogP) is 3.14. The number of piperidine rings is 1. The maximum atomic E-state index is 15.2. The van der Waals surface area contributed by atoms with Crippen molar-refractivity contribution in [2.24, 2.45) is 11.3 Å². The highest BCUT2D eigenvalue weighted by Gasteiger charge is 2.78. The van der Waals surface area contributed by atoms with Crippen LogP contribution < -0.4 is 20.3 Å². The SMILES string of the molecule is CCC(=O)NC.CC[C@]1(O)CC2CN(CCc3c([nH]c4ccccc34)[C@@](C(=O)OC)(c3cc4c(cc3OC)N(C)C3C45CCN4CC=C[C@](CC)([C@H]45)[C@@H](O)[C@@]3(O)C(=O)NC)C2)C1. The first-order valence-electron chi connectivity index (χ1n) is 22.5. The lowest BCUT2D eigenvalue weighted by Gasteiger charge is -2.63. The van der Waals surface area contributed by atoms with E-state index in [4.69, 9.17) is 9.47 Å². The third-order valence-electron chi connectivity index (χ3n) is 16.0. The van der Waals surface area contributed by atoms with E-state index in [9.17, 15) is 24.9 Å². The number of anilines is 1. The molecule has 1 aromatic heterocycles. The minimum absolute atomic E-state index is 0.0712. The average molecular weight is 855 g/mol. The average Bonchev–Trinajstić information content (AvgIpc) is 3.95. The summed E-state index contributed by atoms with van der Waals surface area (Å²) in [4.78, 5) is 50.0. The number of carbonyl (C=O) groups excluding carboxylic acids is 3. The lowest BCUT2D eigenvalue weighted by atomic mass is 9.47. The Morgan fingerprint density at radius 3 is 2.37 bits per heavy atom. The van der Waals surface area contributed by atoms with E-state index in [1.54, 1.807) is 14.2 Å². The van der Waals surface area contributed by atoms with Gasteiger partial charge in [0.1, 0.15) is 17.3 Å². The molecule has 4 unspecified atom stereocenters. The number of carbonyl (C=O) groups is 3. The first-order valence-corrected chi connectivity index (χ1v) is 22.5. The topological polar surface area (TPSA) is 180 Å². The van der Waals surface area contributed by atoms with Crippen molar-refractivity contribution in [2.45, 2.75) is 106 Å². The number of methoxy groups -OCH3 is 2. The smallest absolute Gasteiger partial charge is 0.322 e. The van der Waals surface area contributed by atoms with Crippen molar-refractivity contribution >= 4 is 34.4 Å². The molecular formula is C48H66N6O8. The van der Waals surface area contributed by atoms with E-state index in [1.165, 1.54) is 14.2 Å². The summed E-state index contributed by atoms with van der Waals surface area (Å²) in [5.41, 5.74) is -1.12. The van der Waals surface area contributed by atoms with Crippen LogP contribution in [0.25, 0.3) is 10.9 Å². The van der Waals surface area contributed by atoms with Gasteiger partial charge in [0.05, 0.1) is 25.9 Å². The fourth-order valence-electron chi connectivity index (χ4n) is 13.4. The van der Waals surface area contributed by atoms with Gasteiger partial charge in [-0.15, -0.1) is 0 Å². The van der Waals surface area contributed by atoms with Gasteiger partial charge in [-0.2, -0.15) is 0 Å². The molecule has 0 radical (unpaired) electrons. The van der Waals surface area contributed by atoms with Crippen LogP contribution in [0, 0.1) is 11.3 Å².